The van der Waals surface area contributed by atoms with Crippen LogP contribution in [0.3, 0.4) is 0 Å². The fourth-order valence-electron chi connectivity index (χ4n) is 1.64. The number of hydrogen-bond donors (Lipinski definition) is 1. The lowest BCUT2D eigenvalue weighted by molar-refractivity contribution is 0.432. The minimum atomic E-state index is 0.364. The third-order valence-corrected chi connectivity index (χ3v) is 2.83. The number of aromatic nitrogens is 3. The molecule has 92 valence electrons. The Morgan fingerprint density at radius 1 is 1.21 bits per heavy atom. The first-order valence-electron chi connectivity index (χ1n) is 5.45. The van der Waals surface area contributed by atoms with Crippen molar-refractivity contribution >= 4 is 11.6 Å². The van der Waals surface area contributed by atoms with Crippen LogP contribution in [0.2, 0.25) is 5.02 Å². The Bertz CT molecular complexity index is 752. The van der Waals surface area contributed by atoms with Crippen LogP contribution in [0.15, 0.2) is 41.1 Å². The molecule has 2 heterocycles. The van der Waals surface area contributed by atoms with Gasteiger partial charge in [0.15, 0.2) is 0 Å². The Balaban J connectivity index is 1.95. The first-order valence-corrected chi connectivity index (χ1v) is 5.82. The smallest absolute Gasteiger partial charge is 0.259 e. The first-order chi connectivity index (χ1) is 9.26. The standard InChI is InChI=1S/C13H7ClN4O/c14-10-3-1-8(2-4-10)12-17-13(19-18-12)9-5-11(6-15)16-7-9/h1-5,7,16H. The maximum Gasteiger partial charge on any atom is 0.259 e. The number of nitrogens with zero attached hydrogens (tertiary/aromatic N) is 3. The predicted octanol–water partition coefficient (Wildman–Crippen LogP) is 3.26. The summed E-state index contributed by atoms with van der Waals surface area (Å²) in [7, 11) is 0. The quantitative estimate of drug-likeness (QED) is 0.775. The van der Waals surface area contributed by atoms with Gasteiger partial charge in [-0.25, -0.2) is 0 Å². The van der Waals surface area contributed by atoms with Gasteiger partial charge in [0.25, 0.3) is 5.89 Å². The average molecular weight is 271 g/mol. The molecule has 0 fully saturated rings. The second kappa shape index (κ2) is 4.59. The number of nitrogens with one attached hydrogen (secondary N) is 1. The molecular weight excluding hydrogens is 264 g/mol. The summed E-state index contributed by atoms with van der Waals surface area (Å²) in [5.74, 6) is 0.842. The van der Waals surface area contributed by atoms with Crippen LogP contribution in [-0.4, -0.2) is 15.1 Å². The van der Waals surface area contributed by atoms with E-state index in [1.807, 2.05) is 18.2 Å². The van der Waals surface area contributed by atoms with Crippen LogP contribution in [0.4, 0.5) is 0 Å². The van der Waals surface area contributed by atoms with Crippen LogP contribution >= 0.6 is 11.6 Å². The molecule has 0 spiro atoms. The first kappa shape index (κ1) is 11.5. The maximum atomic E-state index is 8.75. The van der Waals surface area contributed by atoms with E-state index in [0.29, 0.717) is 28.0 Å². The van der Waals surface area contributed by atoms with Crippen LogP contribution in [-0.2, 0) is 0 Å². The van der Waals surface area contributed by atoms with E-state index in [1.165, 1.54) is 0 Å². The van der Waals surface area contributed by atoms with Crippen molar-refractivity contribution in [3.8, 4) is 28.9 Å². The van der Waals surface area contributed by atoms with E-state index >= 15 is 0 Å². The van der Waals surface area contributed by atoms with Crippen LogP contribution in [0, 0.1) is 11.3 Å². The minimum Gasteiger partial charge on any atom is -0.352 e. The molecule has 3 aromatic rings. The van der Waals surface area contributed by atoms with Gasteiger partial charge in [-0.3, -0.25) is 0 Å². The van der Waals surface area contributed by atoms with Crippen molar-refractivity contribution in [3.63, 3.8) is 0 Å². The van der Waals surface area contributed by atoms with Gasteiger partial charge in [-0.15, -0.1) is 0 Å². The second-order valence-electron chi connectivity index (χ2n) is 3.84. The number of nitriles is 1. The SMILES string of the molecule is N#Cc1cc(-c2nc(-c3ccc(Cl)cc3)no2)c[nH]1. The molecule has 0 amide bonds. The molecule has 0 aliphatic heterocycles. The summed E-state index contributed by atoms with van der Waals surface area (Å²) in [6.45, 7) is 0. The van der Waals surface area contributed by atoms with Crippen LogP contribution in [0.1, 0.15) is 5.69 Å². The van der Waals surface area contributed by atoms with E-state index in [0.717, 1.165) is 5.56 Å². The third kappa shape index (κ3) is 2.21. The van der Waals surface area contributed by atoms with Gasteiger partial charge in [0.1, 0.15) is 11.8 Å². The molecule has 1 aromatic carbocycles. The largest absolute Gasteiger partial charge is 0.352 e. The van der Waals surface area contributed by atoms with Crippen LogP contribution in [0.25, 0.3) is 22.8 Å². The molecule has 0 radical (unpaired) electrons. The summed E-state index contributed by atoms with van der Waals surface area (Å²) in [6.07, 6.45) is 1.65. The molecule has 6 heteroatoms. The van der Waals surface area contributed by atoms with Crippen LogP contribution in [0.5, 0.6) is 0 Å². The zero-order valence-electron chi connectivity index (χ0n) is 9.59. The molecule has 3 rings (SSSR count). The Hall–Kier alpha value is -2.58. The van der Waals surface area contributed by atoms with Gasteiger partial charge in [-0.05, 0) is 30.3 Å². The number of halogens is 1. The molecule has 0 unspecified atom stereocenters. The highest BCUT2D eigenvalue weighted by molar-refractivity contribution is 6.30. The molecule has 0 saturated carbocycles. The molecule has 0 aliphatic rings. The molecule has 5 nitrogen and oxygen atoms in total. The number of rotatable bonds is 2. The Morgan fingerprint density at radius 2 is 2.00 bits per heavy atom. The highest BCUT2D eigenvalue weighted by atomic mass is 35.5. The van der Waals surface area contributed by atoms with Gasteiger partial charge >= 0.3 is 0 Å². The Morgan fingerprint density at radius 3 is 2.68 bits per heavy atom. The van der Waals surface area contributed by atoms with Crippen molar-refractivity contribution in [2.24, 2.45) is 0 Å². The number of H-pyrrole nitrogens is 1. The van der Waals surface area contributed by atoms with E-state index in [4.69, 9.17) is 21.4 Å². The summed E-state index contributed by atoms with van der Waals surface area (Å²) >= 11 is 5.82. The van der Waals surface area contributed by atoms with Crippen molar-refractivity contribution in [1.29, 1.82) is 5.26 Å². The Kier molecular flexibility index (Phi) is 2.78. The molecule has 0 aliphatic carbocycles. The number of aromatic amines is 1. The molecule has 1 N–H and O–H groups in total. The molecular formula is C13H7ClN4O. The zero-order chi connectivity index (χ0) is 13.2. The summed E-state index contributed by atoms with van der Waals surface area (Å²) < 4.78 is 5.17. The topological polar surface area (TPSA) is 78.5 Å². The lowest BCUT2D eigenvalue weighted by Gasteiger charge is -1.92. The van der Waals surface area contributed by atoms with E-state index < -0.39 is 0 Å². The minimum absolute atomic E-state index is 0.364. The van der Waals surface area contributed by atoms with Crippen molar-refractivity contribution in [1.82, 2.24) is 15.1 Å². The summed E-state index contributed by atoms with van der Waals surface area (Å²) in [5, 5.41) is 13.3. The number of benzene rings is 1. The van der Waals surface area contributed by atoms with Gasteiger partial charge in [-0.1, -0.05) is 16.8 Å². The lowest BCUT2D eigenvalue weighted by atomic mass is 10.2. The normalized spacial score (nSPS) is 10.3. The van der Waals surface area contributed by atoms with Gasteiger partial charge in [0.2, 0.25) is 5.82 Å². The average Bonchev–Trinajstić information content (AvgIpc) is 3.08. The zero-order valence-corrected chi connectivity index (χ0v) is 10.3. The molecule has 19 heavy (non-hydrogen) atoms. The van der Waals surface area contributed by atoms with Crippen molar-refractivity contribution < 1.29 is 4.52 Å². The molecule has 0 atom stereocenters. The fourth-order valence-corrected chi connectivity index (χ4v) is 1.77. The van der Waals surface area contributed by atoms with E-state index in [2.05, 4.69) is 15.1 Å². The highest BCUT2D eigenvalue weighted by Crippen LogP contribution is 2.23. The fraction of sp³-hybridized carbons (Fsp3) is 0. The van der Waals surface area contributed by atoms with Gasteiger partial charge in [0, 0.05) is 16.8 Å². The van der Waals surface area contributed by atoms with Crippen molar-refractivity contribution in [2.75, 3.05) is 0 Å². The lowest BCUT2D eigenvalue weighted by Crippen LogP contribution is -1.80. The van der Waals surface area contributed by atoms with E-state index in [-0.39, 0.29) is 0 Å². The molecule has 2 aromatic heterocycles. The monoisotopic (exact) mass is 270 g/mol. The second-order valence-corrected chi connectivity index (χ2v) is 4.28. The van der Waals surface area contributed by atoms with Crippen LogP contribution < -0.4 is 0 Å². The summed E-state index contributed by atoms with van der Waals surface area (Å²) in [4.78, 5) is 7.08. The van der Waals surface area contributed by atoms with Gasteiger partial charge < -0.3 is 9.51 Å². The molecule has 0 saturated heterocycles. The van der Waals surface area contributed by atoms with Gasteiger partial charge in [-0.2, -0.15) is 10.2 Å². The predicted molar refractivity (Wildman–Crippen MR) is 69.2 cm³/mol. The Labute approximate surface area is 113 Å². The molecule has 0 bridgehead atoms. The highest BCUT2D eigenvalue weighted by Gasteiger charge is 2.11. The third-order valence-electron chi connectivity index (χ3n) is 2.58. The van der Waals surface area contributed by atoms with Crippen molar-refractivity contribution in [2.45, 2.75) is 0 Å². The van der Waals surface area contributed by atoms with E-state index in [9.17, 15) is 0 Å². The van der Waals surface area contributed by atoms with Crippen molar-refractivity contribution in [3.05, 3.63) is 47.2 Å². The van der Waals surface area contributed by atoms with Gasteiger partial charge in [0.05, 0.1) is 5.56 Å². The van der Waals surface area contributed by atoms with E-state index in [1.54, 1.807) is 24.4 Å². The maximum absolute atomic E-state index is 8.75. The summed E-state index contributed by atoms with van der Waals surface area (Å²) in [6, 6.07) is 10.8. The summed E-state index contributed by atoms with van der Waals surface area (Å²) in [5.41, 5.74) is 1.95. The number of hydrogen-bond acceptors (Lipinski definition) is 4.